The van der Waals surface area contributed by atoms with Crippen molar-refractivity contribution in [1.82, 2.24) is 0 Å². The van der Waals surface area contributed by atoms with E-state index in [1.54, 1.807) is 20.8 Å². The van der Waals surface area contributed by atoms with Crippen molar-refractivity contribution in [1.29, 1.82) is 0 Å². The Bertz CT molecular complexity index is 676. The van der Waals surface area contributed by atoms with Crippen molar-refractivity contribution in [2.75, 3.05) is 12.4 Å². The van der Waals surface area contributed by atoms with Gasteiger partial charge in [0.2, 0.25) is 0 Å². The molecule has 1 rings (SSSR count). The number of aliphatic carboxylic acids is 1. The molecule has 0 aliphatic rings. The quantitative estimate of drug-likeness (QED) is 0.564. The molecule has 0 saturated heterocycles. The molecule has 0 aliphatic heterocycles. The van der Waals surface area contributed by atoms with Crippen molar-refractivity contribution in [3.05, 3.63) is 29.3 Å². The summed E-state index contributed by atoms with van der Waals surface area (Å²) in [5.74, 6) is -2.59. The van der Waals surface area contributed by atoms with Crippen molar-refractivity contribution < 1.29 is 33.8 Å². The third-order valence-corrected chi connectivity index (χ3v) is 3.04. The molecule has 0 saturated carbocycles. The normalized spacial score (nSPS) is 12.0. The van der Waals surface area contributed by atoms with E-state index >= 15 is 0 Å². The number of anilines is 1. The molecule has 0 aromatic heterocycles. The number of rotatable bonds is 7. The summed E-state index contributed by atoms with van der Waals surface area (Å²) in [6.07, 6.45) is 0.0607. The molecule has 8 nitrogen and oxygen atoms in total. The van der Waals surface area contributed by atoms with E-state index in [0.717, 1.165) is 7.11 Å². The fourth-order valence-corrected chi connectivity index (χ4v) is 1.89. The molecule has 8 heteroatoms. The van der Waals surface area contributed by atoms with Crippen LogP contribution in [0.5, 0.6) is 0 Å². The van der Waals surface area contributed by atoms with Crippen LogP contribution in [0.2, 0.25) is 0 Å². The summed E-state index contributed by atoms with van der Waals surface area (Å²) in [4.78, 5) is 45.9. The first-order chi connectivity index (χ1) is 11.6. The summed E-state index contributed by atoms with van der Waals surface area (Å²) in [5, 5.41) is 11.8. The Labute approximate surface area is 145 Å². The highest BCUT2D eigenvalue weighted by Gasteiger charge is 2.23. The highest BCUT2D eigenvalue weighted by atomic mass is 16.6. The number of carboxylic acid groups (broad SMARTS) is 1. The zero-order valence-corrected chi connectivity index (χ0v) is 14.5. The van der Waals surface area contributed by atoms with Crippen LogP contribution in [0.1, 0.15) is 47.9 Å². The van der Waals surface area contributed by atoms with E-state index in [9.17, 15) is 24.3 Å². The SMILES string of the molecule is COC(=O)C[C@H](Nc1ccc(C(=O)OC(C)(C)C)cc1C=O)C(=O)O. The highest BCUT2D eigenvalue weighted by molar-refractivity contribution is 5.95. The van der Waals surface area contributed by atoms with E-state index in [1.807, 2.05) is 0 Å². The Morgan fingerprint density at radius 3 is 2.40 bits per heavy atom. The average Bonchev–Trinajstić information content (AvgIpc) is 2.52. The molecular weight excluding hydrogens is 330 g/mol. The third-order valence-electron chi connectivity index (χ3n) is 3.04. The molecule has 1 aromatic rings. The number of methoxy groups -OCH3 is 1. The summed E-state index contributed by atoms with van der Waals surface area (Å²) in [5.41, 5.74) is -0.287. The van der Waals surface area contributed by atoms with Gasteiger partial charge in [-0.2, -0.15) is 0 Å². The topological polar surface area (TPSA) is 119 Å². The maximum Gasteiger partial charge on any atom is 0.338 e. The first kappa shape index (κ1) is 20.1. The van der Waals surface area contributed by atoms with E-state index in [1.165, 1.54) is 18.2 Å². The van der Waals surface area contributed by atoms with Gasteiger partial charge in [0.15, 0.2) is 6.29 Å². The highest BCUT2D eigenvalue weighted by Crippen LogP contribution is 2.20. The van der Waals surface area contributed by atoms with Gasteiger partial charge in [0.1, 0.15) is 11.6 Å². The third kappa shape index (κ3) is 6.25. The smallest absolute Gasteiger partial charge is 0.338 e. The number of esters is 2. The van der Waals surface area contributed by atoms with Crippen molar-refractivity contribution in [2.45, 2.75) is 38.8 Å². The van der Waals surface area contributed by atoms with E-state index in [0.29, 0.717) is 6.29 Å². The van der Waals surface area contributed by atoms with Gasteiger partial charge in [0.25, 0.3) is 0 Å². The van der Waals surface area contributed by atoms with Crippen LogP contribution < -0.4 is 5.32 Å². The minimum Gasteiger partial charge on any atom is -0.480 e. The van der Waals surface area contributed by atoms with Crippen LogP contribution in [0, 0.1) is 0 Å². The first-order valence-corrected chi connectivity index (χ1v) is 7.46. The lowest BCUT2D eigenvalue weighted by Crippen LogP contribution is -2.32. The summed E-state index contributed by atoms with van der Waals surface area (Å²) in [6.45, 7) is 5.14. The van der Waals surface area contributed by atoms with Gasteiger partial charge in [-0.1, -0.05) is 0 Å². The van der Waals surface area contributed by atoms with Crippen molar-refractivity contribution in [3.8, 4) is 0 Å². The second-order valence-electron chi connectivity index (χ2n) is 6.24. The van der Waals surface area contributed by atoms with Gasteiger partial charge in [-0.05, 0) is 39.0 Å². The van der Waals surface area contributed by atoms with Gasteiger partial charge >= 0.3 is 17.9 Å². The number of carbonyl (C=O) groups is 4. The molecule has 136 valence electrons. The molecule has 1 aromatic carbocycles. The monoisotopic (exact) mass is 351 g/mol. The molecule has 0 spiro atoms. The van der Waals surface area contributed by atoms with E-state index in [-0.39, 0.29) is 16.8 Å². The van der Waals surface area contributed by atoms with Crippen LogP contribution in [0.25, 0.3) is 0 Å². The molecule has 0 radical (unpaired) electrons. The van der Waals surface area contributed by atoms with E-state index < -0.39 is 36.0 Å². The Kier molecular flexibility index (Phi) is 6.67. The van der Waals surface area contributed by atoms with Gasteiger partial charge in [0.05, 0.1) is 19.1 Å². The zero-order valence-electron chi connectivity index (χ0n) is 14.5. The van der Waals surface area contributed by atoms with Crippen molar-refractivity contribution in [3.63, 3.8) is 0 Å². The van der Waals surface area contributed by atoms with Crippen molar-refractivity contribution >= 4 is 29.9 Å². The van der Waals surface area contributed by atoms with Gasteiger partial charge in [-0.15, -0.1) is 0 Å². The fourth-order valence-electron chi connectivity index (χ4n) is 1.89. The lowest BCUT2D eigenvalue weighted by molar-refractivity contribution is -0.146. The van der Waals surface area contributed by atoms with Gasteiger partial charge in [0, 0.05) is 11.3 Å². The molecule has 0 fully saturated rings. The number of nitrogens with one attached hydrogen (secondary N) is 1. The molecule has 2 N–H and O–H groups in total. The molecule has 1 atom stereocenters. The average molecular weight is 351 g/mol. The number of benzene rings is 1. The fraction of sp³-hybridized carbons (Fsp3) is 0.412. The molecular formula is C17H21NO7. The van der Waals surface area contributed by atoms with Gasteiger partial charge in [-0.3, -0.25) is 9.59 Å². The number of hydrogen-bond donors (Lipinski definition) is 2. The Morgan fingerprint density at radius 1 is 1.28 bits per heavy atom. The molecule has 0 unspecified atom stereocenters. The molecule has 0 heterocycles. The van der Waals surface area contributed by atoms with Crippen LogP contribution in [-0.4, -0.2) is 48.1 Å². The summed E-state index contributed by atoms with van der Waals surface area (Å²) in [7, 11) is 1.15. The summed E-state index contributed by atoms with van der Waals surface area (Å²) < 4.78 is 9.67. The lowest BCUT2D eigenvalue weighted by atomic mass is 10.1. The second-order valence-corrected chi connectivity index (χ2v) is 6.24. The number of carbonyl (C=O) groups excluding carboxylic acids is 3. The van der Waals surface area contributed by atoms with Gasteiger partial charge < -0.3 is 19.9 Å². The zero-order chi connectivity index (χ0) is 19.2. The molecule has 0 amide bonds. The van der Waals surface area contributed by atoms with Crippen LogP contribution in [-0.2, 0) is 19.1 Å². The molecule has 0 bridgehead atoms. The van der Waals surface area contributed by atoms with Crippen molar-refractivity contribution in [2.24, 2.45) is 0 Å². The maximum atomic E-state index is 12.0. The minimum absolute atomic E-state index is 0.0690. The van der Waals surface area contributed by atoms with Crippen LogP contribution in [0.15, 0.2) is 18.2 Å². The van der Waals surface area contributed by atoms with E-state index in [4.69, 9.17) is 4.74 Å². The maximum absolute atomic E-state index is 12.0. The van der Waals surface area contributed by atoms with E-state index in [2.05, 4.69) is 10.1 Å². The summed E-state index contributed by atoms with van der Waals surface area (Å²) >= 11 is 0. The molecule has 0 aliphatic carbocycles. The summed E-state index contributed by atoms with van der Waals surface area (Å²) in [6, 6.07) is 2.80. The Hall–Kier alpha value is -2.90. The number of aldehydes is 1. The van der Waals surface area contributed by atoms with Crippen LogP contribution in [0.4, 0.5) is 5.69 Å². The van der Waals surface area contributed by atoms with Crippen LogP contribution >= 0.6 is 0 Å². The Balaban J connectivity index is 3.04. The number of hydrogen-bond acceptors (Lipinski definition) is 7. The molecule has 25 heavy (non-hydrogen) atoms. The van der Waals surface area contributed by atoms with Gasteiger partial charge in [-0.25, -0.2) is 9.59 Å². The predicted octanol–water partition coefficient (Wildman–Crippen LogP) is 1.88. The standard InChI is InChI=1S/C17H21NO7/c1-17(2,3)25-16(23)10-5-6-12(11(7-10)9-19)18-13(15(21)22)8-14(20)24-4/h5-7,9,13,18H,8H2,1-4H3,(H,21,22)/t13-/m0/s1. The minimum atomic E-state index is -1.28. The largest absolute Gasteiger partial charge is 0.480 e. The number of ether oxygens (including phenoxy) is 2. The number of carboxylic acids is 1. The second kappa shape index (κ2) is 8.27. The lowest BCUT2D eigenvalue weighted by Gasteiger charge is -2.20. The predicted molar refractivity (Wildman–Crippen MR) is 88.7 cm³/mol. The Morgan fingerprint density at radius 2 is 1.92 bits per heavy atom. The first-order valence-electron chi connectivity index (χ1n) is 7.46. The van der Waals surface area contributed by atoms with Crippen LogP contribution in [0.3, 0.4) is 0 Å².